The zero-order valence-corrected chi connectivity index (χ0v) is 12.7. The fraction of sp³-hybridized carbons (Fsp3) is 0.500. The maximum absolute atomic E-state index is 13.9. The summed E-state index contributed by atoms with van der Waals surface area (Å²) in [6, 6.07) is 7.76. The van der Waals surface area contributed by atoms with Crippen LogP contribution in [-0.2, 0) is 11.3 Å². The van der Waals surface area contributed by atoms with Crippen LogP contribution in [0.1, 0.15) is 24.8 Å². The molecule has 1 aromatic carbocycles. The van der Waals surface area contributed by atoms with Gasteiger partial charge in [-0.1, -0.05) is 6.07 Å². The summed E-state index contributed by atoms with van der Waals surface area (Å²) in [5.74, 6) is 0.453. The molecule has 0 spiro atoms. The Labute approximate surface area is 130 Å². The summed E-state index contributed by atoms with van der Waals surface area (Å²) in [7, 11) is 0. The molecule has 2 aliphatic rings. The van der Waals surface area contributed by atoms with E-state index in [2.05, 4.69) is 9.88 Å². The smallest absolute Gasteiger partial charge is 0.132 e. The minimum atomic E-state index is -0.186. The number of halogens is 1. The summed E-state index contributed by atoms with van der Waals surface area (Å²) in [6.45, 7) is 3.71. The Morgan fingerprint density at radius 1 is 1.23 bits per heavy atom. The van der Waals surface area contributed by atoms with Gasteiger partial charge in [0.15, 0.2) is 0 Å². The molecule has 116 valence electrons. The molecular formula is C18H21FN2O. The Bertz CT molecular complexity index is 665. The minimum absolute atomic E-state index is 0.186. The molecule has 22 heavy (non-hydrogen) atoms. The van der Waals surface area contributed by atoms with Crippen molar-refractivity contribution in [1.82, 2.24) is 9.88 Å². The van der Waals surface area contributed by atoms with Gasteiger partial charge in [-0.3, -0.25) is 9.88 Å². The molecule has 0 unspecified atom stereocenters. The van der Waals surface area contributed by atoms with Crippen molar-refractivity contribution in [1.29, 1.82) is 0 Å². The minimum Gasteiger partial charge on any atom is -0.381 e. The van der Waals surface area contributed by atoms with E-state index in [1.807, 2.05) is 12.1 Å². The van der Waals surface area contributed by atoms with E-state index in [1.54, 1.807) is 18.3 Å². The van der Waals surface area contributed by atoms with Gasteiger partial charge in [-0.05, 0) is 48.9 Å². The molecule has 1 aliphatic carbocycles. The first kappa shape index (κ1) is 14.1. The van der Waals surface area contributed by atoms with E-state index in [1.165, 1.54) is 12.8 Å². The fourth-order valence-corrected chi connectivity index (χ4v) is 3.38. The Kier molecular flexibility index (Phi) is 3.80. The normalized spacial score (nSPS) is 21.8. The quantitative estimate of drug-likeness (QED) is 0.846. The second kappa shape index (κ2) is 5.94. The lowest BCUT2D eigenvalue weighted by Gasteiger charge is -2.25. The molecule has 0 radical (unpaired) electrons. The van der Waals surface area contributed by atoms with Crippen molar-refractivity contribution in [2.75, 3.05) is 19.8 Å². The van der Waals surface area contributed by atoms with Crippen LogP contribution in [0.3, 0.4) is 0 Å². The second-order valence-corrected chi connectivity index (χ2v) is 6.50. The van der Waals surface area contributed by atoms with Gasteiger partial charge in [-0.2, -0.15) is 0 Å². The van der Waals surface area contributed by atoms with E-state index in [0.717, 1.165) is 43.8 Å². The average molecular weight is 300 g/mol. The summed E-state index contributed by atoms with van der Waals surface area (Å²) in [5.41, 5.74) is 1.93. The van der Waals surface area contributed by atoms with Crippen molar-refractivity contribution in [2.45, 2.75) is 31.8 Å². The van der Waals surface area contributed by atoms with E-state index in [0.29, 0.717) is 17.3 Å². The van der Waals surface area contributed by atoms with E-state index >= 15 is 0 Å². The molecule has 1 aromatic heterocycles. The van der Waals surface area contributed by atoms with Crippen LogP contribution in [0.25, 0.3) is 10.9 Å². The highest BCUT2D eigenvalue weighted by Crippen LogP contribution is 2.31. The van der Waals surface area contributed by atoms with Gasteiger partial charge >= 0.3 is 0 Å². The Hall–Kier alpha value is -1.52. The summed E-state index contributed by atoms with van der Waals surface area (Å²) < 4.78 is 19.4. The third-order valence-corrected chi connectivity index (χ3v) is 4.75. The van der Waals surface area contributed by atoms with Crippen LogP contribution in [0.15, 0.2) is 30.5 Å². The molecule has 1 aliphatic heterocycles. The SMILES string of the molecule is Fc1ccc(CN(C[C@@H]2CCOC2)C2CC2)c2ncccc12. The van der Waals surface area contributed by atoms with Crippen LogP contribution in [0.4, 0.5) is 4.39 Å². The van der Waals surface area contributed by atoms with Crippen molar-refractivity contribution < 1.29 is 9.13 Å². The Morgan fingerprint density at radius 2 is 2.14 bits per heavy atom. The molecule has 4 heteroatoms. The van der Waals surface area contributed by atoms with Gasteiger partial charge < -0.3 is 4.74 Å². The van der Waals surface area contributed by atoms with Gasteiger partial charge in [-0.15, -0.1) is 0 Å². The van der Waals surface area contributed by atoms with Crippen molar-refractivity contribution >= 4 is 10.9 Å². The number of ether oxygens (including phenoxy) is 1. The number of nitrogens with zero attached hydrogens (tertiary/aromatic N) is 2. The molecule has 1 atom stereocenters. The summed E-state index contributed by atoms with van der Waals surface area (Å²) in [4.78, 5) is 6.96. The Morgan fingerprint density at radius 3 is 2.91 bits per heavy atom. The molecule has 0 N–H and O–H groups in total. The van der Waals surface area contributed by atoms with Crippen LogP contribution >= 0.6 is 0 Å². The summed E-state index contributed by atoms with van der Waals surface area (Å²) >= 11 is 0. The van der Waals surface area contributed by atoms with Crippen LogP contribution in [0.2, 0.25) is 0 Å². The number of hydrogen-bond acceptors (Lipinski definition) is 3. The van der Waals surface area contributed by atoms with Gasteiger partial charge in [0.05, 0.1) is 12.1 Å². The lowest BCUT2D eigenvalue weighted by atomic mass is 10.1. The first-order valence-electron chi connectivity index (χ1n) is 8.15. The van der Waals surface area contributed by atoms with E-state index in [-0.39, 0.29) is 5.82 Å². The number of fused-ring (bicyclic) bond motifs is 1. The highest BCUT2D eigenvalue weighted by Gasteiger charge is 2.32. The standard InChI is InChI=1S/C18H21FN2O/c19-17-6-3-14(18-16(17)2-1-8-20-18)11-21(15-4-5-15)10-13-7-9-22-12-13/h1-3,6,8,13,15H,4-5,7,9-12H2/t13-/m0/s1. The van der Waals surface area contributed by atoms with Crippen LogP contribution in [0, 0.1) is 11.7 Å². The zero-order chi connectivity index (χ0) is 14.9. The lowest BCUT2D eigenvalue weighted by Crippen LogP contribution is -2.31. The molecule has 4 rings (SSSR count). The van der Waals surface area contributed by atoms with Gasteiger partial charge in [0.25, 0.3) is 0 Å². The maximum atomic E-state index is 13.9. The highest BCUT2D eigenvalue weighted by molar-refractivity contribution is 5.82. The topological polar surface area (TPSA) is 25.4 Å². The van der Waals surface area contributed by atoms with E-state index in [4.69, 9.17) is 4.74 Å². The van der Waals surface area contributed by atoms with Crippen LogP contribution in [-0.4, -0.2) is 35.7 Å². The molecule has 0 amide bonds. The molecule has 2 heterocycles. The summed E-state index contributed by atoms with van der Waals surface area (Å²) in [6.07, 6.45) is 5.46. The number of benzene rings is 1. The van der Waals surface area contributed by atoms with Gasteiger partial charge in [0.1, 0.15) is 5.82 Å². The number of rotatable bonds is 5. The van der Waals surface area contributed by atoms with Crippen molar-refractivity contribution in [3.8, 4) is 0 Å². The van der Waals surface area contributed by atoms with Crippen molar-refractivity contribution in [2.24, 2.45) is 5.92 Å². The predicted molar refractivity (Wildman–Crippen MR) is 84.1 cm³/mol. The maximum Gasteiger partial charge on any atom is 0.132 e. The van der Waals surface area contributed by atoms with Crippen LogP contribution < -0.4 is 0 Å². The number of pyridine rings is 1. The number of hydrogen-bond donors (Lipinski definition) is 0. The van der Waals surface area contributed by atoms with Gasteiger partial charge in [-0.25, -0.2) is 4.39 Å². The van der Waals surface area contributed by atoms with Gasteiger partial charge in [0, 0.05) is 37.3 Å². The third kappa shape index (κ3) is 2.85. The van der Waals surface area contributed by atoms with Crippen molar-refractivity contribution in [3.05, 3.63) is 41.8 Å². The first-order chi connectivity index (χ1) is 10.8. The molecule has 1 saturated heterocycles. The number of aromatic nitrogens is 1. The molecule has 3 nitrogen and oxygen atoms in total. The average Bonchev–Trinajstić information content (AvgIpc) is 3.27. The van der Waals surface area contributed by atoms with E-state index in [9.17, 15) is 4.39 Å². The fourth-order valence-electron chi connectivity index (χ4n) is 3.38. The monoisotopic (exact) mass is 300 g/mol. The predicted octanol–water partition coefficient (Wildman–Crippen LogP) is 3.37. The lowest BCUT2D eigenvalue weighted by molar-refractivity contribution is 0.161. The molecule has 1 saturated carbocycles. The second-order valence-electron chi connectivity index (χ2n) is 6.50. The first-order valence-corrected chi connectivity index (χ1v) is 8.15. The zero-order valence-electron chi connectivity index (χ0n) is 12.7. The third-order valence-electron chi connectivity index (χ3n) is 4.75. The van der Waals surface area contributed by atoms with Gasteiger partial charge in [0.2, 0.25) is 0 Å². The molecular weight excluding hydrogens is 279 g/mol. The van der Waals surface area contributed by atoms with Crippen molar-refractivity contribution in [3.63, 3.8) is 0 Å². The summed E-state index contributed by atoms with van der Waals surface area (Å²) in [5, 5.41) is 0.625. The highest BCUT2D eigenvalue weighted by atomic mass is 19.1. The molecule has 0 bridgehead atoms. The Balaban J connectivity index is 1.59. The van der Waals surface area contributed by atoms with Crippen LogP contribution in [0.5, 0.6) is 0 Å². The largest absolute Gasteiger partial charge is 0.381 e. The molecule has 2 aromatic rings. The molecule has 2 fully saturated rings. The van der Waals surface area contributed by atoms with E-state index < -0.39 is 0 Å².